The molecular formula is C25H32F2O. The first-order valence-electron chi connectivity index (χ1n) is 10.8. The van der Waals surface area contributed by atoms with Crippen LogP contribution < -0.4 is 4.74 Å². The highest BCUT2D eigenvalue weighted by molar-refractivity contribution is 5.65. The summed E-state index contributed by atoms with van der Waals surface area (Å²) in [6.45, 7) is 4.32. The van der Waals surface area contributed by atoms with E-state index in [1.54, 1.807) is 13.0 Å². The molecule has 3 rings (SSSR count). The fraction of sp³-hybridized carbons (Fsp3) is 0.520. The summed E-state index contributed by atoms with van der Waals surface area (Å²) in [5, 5.41) is 0. The second kappa shape index (κ2) is 10.0. The van der Waals surface area contributed by atoms with E-state index < -0.39 is 11.6 Å². The van der Waals surface area contributed by atoms with Crippen molar-refractivity contribution in [3.63, 3.8) is 0 Å². The maximum absolute atomic E-state index is 14.4. The highest BCUT2D eigenvalue weighted by atomic mass is 19.2. The Balaban J connectivity index is 1.64. The number of benzene rings is 2. The average molecular weight is 387 g/mol. The highest BCUT2D eigenvalue weighted by Gasteiger charge is 2.22. The number of hydrogen-bond donors (Lipinski definition) is 0. The van der Waals surface area contributed by atoms with E-state index in [1.807, 2.05) is 12.1 Å². The molecule has 0 bridgehead atoms. The molecule has 0 radical (unpaired) electrons. The van der Waals surface area contributed by atoms with E-state index in [-0.39, 0.29) is 11.3 Å². The molecule has 3 heteroatoms. The molecular weight excluding hydrogens is 354 g/mol. The van der Waals surface area contributed by atoms with Crippen molar-refractivity contribution in [1.29, 1.82) is 0 Å². The fourth-order valence-electron chi connectivity index (χ4n) is 4.42. The van der Waals surface area contributed by atoms with Crippen molar-refractivity contribution >= 4 is 0 Å². The third-order valence-corrected chi connectivity index (χ3v) is 6.10. The normalized spacial score (nSPS) is 19.6. The molecule has 1 saturated carbocycles. The maximum Gasteiger partial charge on any atom is 0.201 e. The fourth-order valence-corrected chi connectivity index (χ4v) is 4.42. The summed E-state index contributed by atoms with van der Waals surface area (Å²) in [6, 6.07) is 11.1. The van der Waals surface area contributed by atoms with Crippen LogP contribution in [0.4, 0.5) is 8.78 Å². The second-order valence-corrected chi connectivity index (χ2v) is 8.01. The molecule has 2 aromatic carbocycles. The number of rotatable bonds is 8. The van der Waals surface area contributed by atoms with E-state index in [0.717, 1.165) is 5.92 Å². The lowest BCUT2D eigenvalue weighted by atomic mass is 9.77. The monoisotopic (exact) mass is 386 g/mol. The molecule has 1 nitrogen and oxygen atoms in total. The van der Waals surface area contributed by atoms with Crippen molar-refractivity contribution in [3.8, 4) is 16.9 Å². The van der Waals surface area contributed by atoms with Gasteiger partial charge in [0.15, 0.2) is 11.6 Å². The van der Waals surface area contributed by atoms with Gasteiger partial charge in [-0.15, -0.1) is 0 Å². The van der Waals surface area contributed by atoms with Crippen LogP contribution >= 0.6 is 0 Å². The molecule has 0 spiro atoms. The van der Waals surface area contributed by atoms with Crippen LogP contribution in [0.3, 0.4) is 0 Å². The number of halogens is 2. The van der Waals surface area contributed by atoms with Crippen molar-refractivity contribution in [2.75, 3.05) is 6.61 Å². The third-order valence-electron chi connectivity index (χ3n) is 6.10. The van der Waals surface area contributed by atoms with E-state index >= 15 is 0 Å². The molecule has 0 aromatic heterocycles. The van der Waals surface area contributed by atoms with Crippen LogP contribution in [0.2, 0.25) is 0 Å². The number of ether oxygens (including phenoxy) is 1. The topological polar surface area (TPSA) is 9.23 Å². The second-order valence-electron chi connectivity index (χ2n) is 8.01. The SMILES string of the molecule is CCCCCC1CCC(c2ccc(-c3ccc(OCC)c(F)c3F)cc2)CC1. The van der Waals surface area contributed by atoms with Gasteiger partial charge in [-0.3, -0.25) is 0 Å². The zero-order valence-electron chi connectivity index (χ0n) is 17.1. The molecule has 0 N–H and O–H groups in total. The lowest BCUT2D eigenvalue weighted by Crippen LogP contribution is -2.13. The number of unbranched alkanes of at least 4 members (excludes halogenated alkanes) is 2. The summed E-state index contributed by atoms with van der Waals surface area (Å²) >= 11 is 0. The summed E-state index contributed by atoms with van der Waals surface area (Å²) in [5.74, 6) is -0.298. The van der Waals surface area contributed by atoms with Crippen molar-refractivity contribution in [2.45, 2.75) is 71.1 Å². The Bertz CT molecular complexity index is 746. The van der Waals surface area contributed by atoms with Gasteiger partial charge in [0.05, 0.1) is 6.61 Å². The van der Waals surface area contributed by atoms with E-state index in [9.17, 15) is 8.78 Å². The predicted octanol–water partition coefficient (Wildman–Crippen LogP) is 7.88. The Morgan fingerprint density at radius 1 is 0.857 bits per heavy atom. The van der Waals surface area contributed by atoms with Crippen molar-refractivity contribution in [2.24, 2.45) is 5.92 Å². The Labute approximate surface area is 168 Å². The van der Waals surface area contributed by atoms with E-state index in [2.05, 4.69) is 19.1 Å². The zero-order chi connectivity index (χ0) is 19.9. The van der Waals surface area contributed by atoms with Gasteiger partial charge in [0.2, 0.25) is 5.82 Å². The first-order chi connectivity index (χ1) is 13.6. The van der Waals surface area contributed by atoms with Gasteiger partial charge >= 0.3 is 0 Å². The minimum absolute atomic E-state index is 0.0314. The van der Waals surface area contributed by atoms with Crippen LogP contribution in [-0.2, 0) is 0 Å². The number of hydrogen-bond acceptors (Lipinski definition) is 1. The van der Waals surface area contributed by atoms with Crippen LogP contribution in [0.1, 0.15) is 76.7 Å². The minimum atomic E-state index is -0.912. The summed E-state index contributed by atoms with van der Waals surface area (Å²) in [5.41, 5.74) is 2.31. The predicted molar refractivity (Wildman–Crippen MR) is 112 cm³/mol. The van der Waals surface area contributed by atoms with Crippen LogP contribution in [0.5, 0.6) is 5.75 Å². The largest absolute Gasteiger partial charge is 0.491 e. The van der Waals surface area contributed by atoms with Crippen LogP contribution in [0, 0.1) is 17.6 Å². The van der Waals surface area contributed by atoms with E-state index in [1.165, 1.54) is 63.0 Å². The Kier molecular flexibility index (Phi) is 7.47. The molecule has 1 aliphatic rings. The zero-order valence-corrected chi connectivity index (χ0v) is 17.1. The summed E-state index contributed by atoms with van der Waals surface area (Å²) in [7, 11) is 0. The van der Waals surface area contributed by atoms with Crippen molar-refractivity contribution in [3.05, 3.63) is 53.6 Å². The van der Waals surface area contributed by atoms with E-state index in [0.29, 0.717) is 18.1 Å². The van der Waals surface area contributed by atoms with Gasteiger partial charge in [-0.05, 0) is 67.7 Å². The summed E-state index contributed by atoms with van der Waals surface area (Å²) in [6.07, 6.45) is 10.5. The quantitative estimate of drug-likeness (QED) is 0.419. The third kappa shape index (κ3) is 4.92. The molecule has 28 heavy (non-hydrogen) atoms. The molecule has 0 atom stereocenters. The Morgan fingerprint density at radius 2 is 1.57 bits per heavy atom. The summed E-state index contributed by atoms with van der Waals surface area (Å²) in [4.78, 5) is 0. The molecule has 0 heterocycles. The van der Waals surface area contributed by atoms with Gasteiger partial charge in [-0.1, -0.05) is 56.9 Å². The van der Waals surface area contributed by atoms with Crippen LogP contribution in [0.15, 0.2) is 36.4 Å². The Hall–Kier alpha value is -1.90. The molecule has 0 saturated heterocycles. The van der Waals surface area contributed by atoms with Gasteiger partial charge in [-0.25, -0.2) is 4.39 Å². The maximum atomic E-state index is 14.4. The molecule has 152 valence electrons. The average Bonchev–Trinajstić information content (AvgIpc) is 2.73. The van der Waals surface area contributed by atoms with Gasteiger partial charge in [-0.2, -0.15) is 4.39 Å². The first-order valence-corrected chi connectivity index (χ1v) is 10.8. The van der Waals surface area contributed by atoms with Gasteiger partial charge in [0.1, 0.15) is 0 Å². The first kappa shape index (κ1) is 20.8. The lowest BCUT2D eigenvalue weighted by molar-refractivity contribution is 0.303. The smallest absolute Gasteiger partial charge is 0.201 e. The van der Waals surface area contributed by atoms with E-state index in [4.69, 9.17) is 4.74 Å². The van der Waals surface area contributed by atoms with Crippen LogP contribution in [0.25, 0.3) is 11.1 Å². The van der Waals surface area contributed by atoms with Gasteiger partial charge in [0.25, 0.3) is 0 Å². The molecule has 0 aliphatic heterocycles. The molecule has 2 aromatic rings. The molecule has 0 amide bonds. The van der Waals surface area contributed by atoms with Gasteiger partial charge < -0.3 is 4.74 Å². The molecule has 0 unspecified atom stereocenters. The van der Waals surface area contributed by atoms with Crippen molar-refractivity contribution in [1.82, 2.24) is 0 Å². The summed E-state index contributed by atoms with van der Waals surface area (Å²) < 4.78 is 33.7. The highest BCUT2D eigenvalue weighted by Crippen LogP contribution is 2.38. The lowest BCUT2D eigenvalue weighted by Gasteiger charge is -2.29. The molecule has 1 fully saturated rings. The van der Waals surface area contributed by atoms with Crippen LogP contribution in [-0.4, -0.2) is 6.61 Å². The van der Waals surface area contributed by atoms with Gasteiger partial charge in [0, 0.05) is 5.56 Å². The molecule has 1 aliphatic carbocycles. The van der Waals surface area contributed by atoms with Crippen molar-refractivity contribution < 1.29 is 13.5 Å². The Morgan fingerprint density at radius 3 is 2.21 bits per heavy atom. The standard InChI is InChI=1S/C25H32F2O/c1-3-5-6-7-18-8-10-19(11-9-18)20-12-14-21(15-13-20)22-16-17-23(28-4-2)25(27)24(22)26/h12-19H,3-11H2,1-2H3. The minimum Gasteiger partial charge on any atom is -0.491 e.